The van der Waals surface area contributed by atoms with Crippen LogP contribution < -0.4 is 0 Å². The van der Waals surface area contributed by atoms with Gasteiger partial charge in [-0.25, -0.2) is 0 Å². The Labute approximate surface area is 116 Å². The topological polar surface area (TPSA) is 253 Å². The summed E-state index contributed by atoms with van der Waals surface area (Å²) in [6.45, 7) is -1.69. The van der Waals surface area contributed by atoms with Crippen molar-refractivity contribution in [2.24, 2.45) is 0 Å². The fraction of sp³-hybridized carbons (Fsp3) is 1.00. The summed E-state index contributed by atoms with van der Waals surface area (Å²) < 4.78 is 0. The Kier molecular flexibility index (Phi) is 10.3. The van der Waals surface area contributed by atoms with Gasteiger partial charge in [0.2, 0.25) is 0 Å². The smallest absolute Gasteiger partial charge is 0.311 e. The van der Waals surface area contributed by atoms with Gasteiger partial charge in [-0.2, -0.15) is 0 Å². The molecule has 0 radical (unpaired) electrons. The van der Waals surface area contributed by atoms with Crippen LogP contribution in [0.5, 0.6) is 0 Å². The van der Waals surface area contributed by atoms with Crippen molar-refractivity contribution >= 4 is 0 Å². The predicted molar refractivity (Wildman–Crippen MR) is 52.8 cm³/mol. The highest BCUT2D eigenvalue weighted by Crippen LogP contribution is 1.96. The average Bonchev–Trinajstić information content (AvgIpc) is 2.30. The van der Waals surface area contributed by atoms with E-state index in [1.165, 1.54) is 0 Å². The summed E-state index contributed by atoms with van der Waals surface area (Å²) in [5, 5.41) is 40.5. The van der Waals surface area contributed by atoms with Crippen LogP contribution in [-0.4, -0.2) is 44.8 Å². The third-order valence-corrected chi connectivity index (χ3v) is 1.10. The van der Waals surface area contributed by atoms with E-state index >= 15 is 0 Å². The Bertz CT molecular complexity index is 391. The van der Waals surface area contributed by atoms with Crippen molar-refractivity contribution in [2.75, 3.05) is 13.2 Å². The van der Waals surface area contributed by atoms with Gasteiger partial charge in [-0.15, -0.1) is 50.6 Å². The summed E-state index contributed by atoms with van der Waals surface area (Å²) in [4.78, 5) is 61.1. The molecule has 0 aromatic rings. The summed E-state index contributed by atoms with van der Waals surface area (Å²) in [5.41, 5.74) is 0. The molecule has 0 fully saturated rings. The molecule has 0 amide bonds. The van der Waals surface area contributed by atoms with Crippen LogP contribution in [0.15, 0.2) is 0 Å². The molecule has 0 aromatic carbocycles. The second-order valence-corrected chi connectivity index (χ2v) is 2.52. The van der Waals surface area contributed by atoms with Crippen molar-refractivity contribution in [3.63, 3.8) is 0 Å². The van der Waals surface area contributed by atoms with E-state index in [2.05, 4.69) is 19.5 Å². The molecule has 0 N–H and O–H groups in total. The van der Waals surface area contributed by atoms with E-state index < -0.39 is 44.8 Å². The van der Waals surface area contributed by atoms with Crippen molar-refractivity contribution in [3.05, 3.63) is 50.6 Å². The molecule has 0 heterocycles. The minimum absolute atomic E-state index is 0.845. The molecule has 126 valence electrons. The van der Waals surface area contributed by atoms with E-state index in [-0.39, 0.29) is 0 Å². The van der Waals surface area contributed by atoms with Gasteiger partial charge < -0.3 is 14.5 Å². The lowest BCUT2D eigenvalue weighted by Crippen LogP contribution is -2.30. The van der Waals surface area contributed by atoms with E-state index in [0.717, 1.165) is 0 Å². The van der Waals surface area contributed by atoms with Crippen LogP contribution in [0.3, 0.4) is 0 Å². The van der Waals surface area contributed by atoms with Crippen LogP contribution in [0.4, 0.5) is 0 Å². The van der Waals surface area contributed by atoms with Gasteiger partial charge in [-0.3, -0.25) is 0 Å². The first-order valence-corrected chi connectivity index (χ1v) is 4.37. The highest BCUT2D eigenvalue weighted by molar-refractivity contribution is 4.49. The molecule has 0 saturated carbocycles. The lowest BCUT2D eigenvalue weighted by molar-refractivity contribution is -1.03. The zero-order chi connectivity index (χ0) is 17.7. The molecule has 0 spiro atoms. The van der Waals surface area contributed by atoms with Crippen molar-refractivity contribution in [3.8, 4) is 0 Å². The average molecular weight is 335 g/mol. The van der Waals surface area contributed by atoms with Gasteiger partial charge >= 0.3 is 10.2 Å². The Morgan fingerprint density at radius 1 is 0.636 bits per heavy atom. The molecule has 0 aliphatic rings. The fourth-order valence-electron chi connectivity index (χ4n) is 0.573. The quantitative estimate of drug-likeness (QED) is 0.320. The van der Waals surface area contributed by atoms with E-state index in [4.69, 9.17) is 20.2 Å². The summed E-state index contributed by atoms with van der Waals surface area (Å²) in [6, 6.07) is 0. The van der Waals surface area contributed by atoms with Gasteiger partial charge in [-0.1, -0.05) is 0 Å². The van der Waals surface area contributed by atoms with Crippen LogP contribution in [0.25, 0.3) is 0 Å². The highest BCUT2D eigenvalue weighted by Gasteiger charge is 2.17. The first-order valence-electron chi connectivity index (χ1n) is 4.37. The fourth-order valence-corrected chi connectivity index (χ4v) is 0.573. The van der Waals surface area contributed by atoms with Crippen molar-refractivity contribution in [2.45, 2.75) is 6.10 Å². The monoisotopic (exact) mass is 335 g/mol. The van der Waals surface area contributed by atoms with E-state index in [9.17, 15) is 30.3 Å². The lowest BCUT2D eigenvalue weighted by Gasteiger charge is -2.11. The maximum absolute atomic E-state index is 9.83. The van der Waals surface area contributed by atoms with Gasteiger partial charge in [0.15, 0.2) is 6.10 Å². The number of nitrogens with zero attached hydrogens (tertiary/aromatic N) is 5. The Balaban J connectivity index is 0. The lowest BCUT2D eigenvalue weighted by atomic mass is 10.4. The van der Waals surface area contributed by atoms with Gasteiger partial charge in [-0.05, 0) is 0 Å². The number of rotatable bonds is 10. The maximum Gasteiger partial charge on any atom is 0.356 e. The van der Waals surface area contributed by atoms with Crippen LogP contribution in [0.1, 0.15) is 0 Å². The number of hydrogen-bond acceptors (Lipinski definition) is 14. The van der Waals surface area contributed by atoms with Gasteiger partial charge in [0, 0.05) is 4.94 Å². The second-order valence-electron chi connectivity index (χ2n) is 2.52. The third-order valence-electron chi connectivity index (χ3n) is 1.10. The zero-order valence-corrected chi connectivity index (χ0v) is 9.94. The van der Waals surface area contributed by atoms with Crippen LogP contribution in [-0.2, 0) is 19.5 Å². The first kappa shape index (κ1) is 20.5. The highest BCUT2D eigenvalue weighted by atomic mass is 17.1. The molecule has 0 bridgehead atoms. The molecule has 0 saturated heterocycles. The molecular formula is C3H5N5O14. The van der Waals surface area contributed by atoms with Crippen LogP contribution in [0.2, 0.25) is 0 Å². The second kappa shape index (κ2) is 11.1. The zero-order valence-electron chi connectivity index (χ0n) is 9.94. The molecule has 0 aliphatic heterocycles. The van der Waals surface area contributed by atoms with Gasteiger partial charge in [0.25, 0.3) is 15.3 Å². The third kappa shape index (κ3) is 18.6. The van der Waals surface area contributed by atoms with Gasteiger partial charge in [0.05, 0.1) is 0 Å². The SMILES string of the molecule is O=[N+]([O-])OCC(CO[N+](=O)[O-])O[N+](=O)[O-].O=[N+]([O-])O[N+](=O)[O-]. The van der Waals surface area contributed by atoms with Crippen molar-refractivity contribution in [1.82, 2.24) is 0 Å². The Morgan fingerprint density at radius 3 is 1.18 bits per heavy atom. The largest absolute Gasteiger partial charge is 0.356 e. The van der Waals surface area contributed by atoms with E-state index in [1.807, 2.05) is 0 Å². The number of hydrogen-bond donors (Lipinski definition) is 0. The molecule has 0 unspecified atom stereocenters. The summed E-state index contributed by atoms with van der Waals surface area (Å²) >= 11 is 0. The molecular weight excluding hydrogens is 330 g/mol. The molecule has 19 nitrogen and oxygen atoms in total. The molecule has 0 rings (SSSR count). The molecule has 19 heteroatoms. The normalized spacial score (nSPS) is 8.77. The minimum atomic E-state index is -1.55. The minimum Gasteiger partial charge on any atom is -0.311 e. The Hall–Kier alpha value is -3.80. The molecule has 0 aromatic heterocycles. The van der Waals surface area contributed by atoms with E-state index in [1.54, 1.807) is 0 Å². The van der Waals surface area contributed by atoms with E-state index in [0.29, 0.717) is 0 Å². The first-order chi connectivity index (χ1) is 10.0. The Morgan fingerprint density at radius 2 is 1.00 bits per heavy atom. The predicted octanol–water partition coefficient (Wildman–Crippen LogP) is -1.63. The van der Waals surface area contributed by atoms with Crippen molar-refractivity contribution < 1.29 is 44.9 Å². The molecule has 22 heavy (non-hydrogen) atoms. The summed E-state index contributed by atoms with van der Waals surface area (Å²) in [7, 11) is 0. The molecule has 0 atom stereocenters. The van der Waals surface area contributed by atoms with Crippen LogP contribution >= 0.6 is 0 Å². The van der Waals surface area contributed by atoms with Gasteiger partial charge in [0.1, 0.15) is 13.2 Å². The van der Waals surface area contributed by atoms with Crippen LogP contribution in [0, 0.1) is 50.6 Å². The summed E-state index contributed by atoms with van der Waals surface area (Å²) in [5.74, 6) is 0. The molecule has 0 aliphatic carbocycles. The standard InChI is InChI=1S/C3H5N3O9.N2O5/c7-4(8)13-1-3(15-6(11)12)2-14-5(9)10;3-1(4)7-2(5)6/h3H,1-2H2;. The summed E-state index contributed by atoms with van der Waals surface area (Å²) in [6.07, 6.45) is -1.55. The van der Waals surface area contributed by atoms with Crippen molar-refractivity contribution in [1.29, 1.82) is 0 Å². The maximum atomic E-state index is 9.83.